The Labute approximate surface area is 115 Å². The summed E-state index contributed by atoms with van der Waals surface area (Å²) in [6, 6.07) is 0. The van der Waals surface area contributed by atoms with Crippen molar-refractivity contribution in [1.29, 1.82) is 0 Å². The normalized spacial score (nSPS) is 19.5. The van der Waals surface area contributed by atoms with Gasteiger partial charge in [-0.25, -0.2) is 0 Å². The zero-order chi connectivity index (χ0) is 14.1. The minimum absolute atomic E-state index is 0.481. The maximum atomic E-state index is 11.3. The second-order valence-corrected chi connectivity index (χ2v) is 5.24. The highest BCUT2D eigenvalue weighted by atomic mass is 16.5. The Balaban J connectivity index is 2.14. The maximum Gasteiger partial charge on any atom is 0.309 e. The van der Waals surface area contributed by atoms with Crippen LogP contribution in [0.5, 0.6) is 0 Å². The smallest absolute Gasteiger partial charge is 0.309 e. The van der Waals surface area contributed by atoms with Crippen molar-refractivity contribution in [3.05, 3.63) is 0 Å². The molecule has 1 rings (SSSR count). The number of rotatable bonds is 9. The molecule has 1 aliphatic rings. The lowest BCUT2D eigenvalue weighted by Crippen LogP contribution is -2.44. The van der Waals surface area contributed by atoms with Crippen molar-refractivity contribution in [2.75, 3.05) is 46.6 Å². The molecule has 5 nitrogen and oxygen atoms in total. The third-order valence-electron chi connectivity index (χ3n) is 4.14. The molecular formula is C14H27NO4. The van der Waals surface area contributed by atoms with Crippen LogP contribution < -0.4 is 0 Å². The van der Waals surface area contributed by atoms with E-state index in [-0.39, 0.29) is 0 Å². The first-order valence-corrected chi connectivity index (χ1v) is 7.17. The molecule has 1 heterocycles. The average molecular weight is 273 g/mol. The van der Waals surface area contributed by atoms with Crippen molar-refractivity contribution in [2.24, 2.45) is 5.41 Å². The van der Waals surface area contributed by atoms with Gasteiger partial charge < -0.3 is 19.5 Å². The molecule has 1 aliphatic heterocycles. The number of carboxylic acid groups (broad SMARTS) is 1. The number of aliphatic carboxylic acids is 1. The fourth-order valence-electron chi connectivity index (χ4n) is 2.56. The number of ether oxygens (including phenoxy) is 2. The summed E-state index contributed by atoms with van der Waals surface area (Å²) in [4.78, 5) is 13.7. The van der Waals surface area contributed by atoms with Gasteiger partial charge in [0.25, 0.3) is 0 Å². The lowest BCUT2D eigenvalue weighted by atomic mass is 9.76. The lowest BCUT2D eigenvalue weighted by molar-refractivity contribution is -0.152. The van der Waals surface area contributed by atoms with Gasteiger partial charge in [-0.05, 0) is 38.8 Å². The molecule has 0 aromatic carbocycles. The number of hydrogen-bond acceptors (Lipinski definition) is 4. The first-order valence-electron chi connectivity index (χ1n) is 7.17. The van der Waals surface area contributed by atoms with Crippen molar-refractivity contribution in [3.63, 3.8) is 0 Å². The van der Waals surface area contributed by atoms with Crippen molar-refractivity contribution in [2.45, 2.75) is 32.6 Å². The van der Waals surface area contributed by atoms with Crippen LogP contribution in [-0.2, 0) is 14.3 Å². The summed E-state index contributed by atoms with van der Waals surface area (Å²) in [5, 5.41) is 9.32. The molecule has 1 saturated heterocycles. The number of hydrogen-bond donors (Lipinski definition) is 1. The van der Waals surface area contributed by atoms with E-state index in [9.17, 15) is 9.90 Å². The Morgan fingerprint density at radius 1 is 1.26 bits per heavy atom. The fourth-order valence-corrected chi connectivity index (χ4v) is 2.56. The minimum atomic E-state index is -0.627. The fraction of sp³-hybridized carbons (Fsp3) is 0.929. The first-order chi connectivity index (χ1) is 9.14. The topological polar surface area (TPSA) is 59.0 Å². The third-order valence-corrected chi connectivity index (χ3v) is 4.14. The van der Waals surface area contributed by atoms with E-state index < -0.39 is 11.4 Å². The third kappa shape index (κ3) is 5.09. The van der Waals surface area contributed by atoms with Crippen LogP contribution in [0.3, 0.4) is 0 Å². The predicted molar refractivity (Wildman–Crippen MR) is 73.3 cm³/mol. The summed E-state index contributed by atoms with van der Waals surface area (Å²) in [6.07, 6.45) is 3.26. The van der Waals surface area contributed by atoms with E-state index in [4.69, 9.17) is 9.47 Å². The van der Waals surface area contributed by atoms with Gasteiger partial charge in [0, 0.05) is 20.3 Å². The zero-order valence-electron chi connectivity index (χ0n) is 12.2. The standard InChI is InChI=1S/C14H27NO4/c1-3-14(13(16)17)5-8-15(9-6-14)7-4-10-19-12-11-18-2/h3-12H2,1-2H3,(H,16,17). The number of carboxylic acids is 1. The van der Waals surface area contributed by atoms with Gasteiger partial charge in [0.15, 0.2) is 0 Å². The van der Waals surface area contributed by atoms with Crippen LogP contribution in [-0.4, -0.2) is 62.5 Å². The van der Waals surface area contributed by atoms with E-state index in [0.717, 1.165) is 51.9 Å². The van der Waals surface area contributed by atoms with Gasteiger partial charge in [-0.1, -0.05) is 6.92 Å². The van der Waals surface area contributed by atoms with Crippen molar-refractivity contribution in [3.8, 4) is 0 Å². The largest absolute Gasteiger partial charge is 0.481 e. The van der Waals surface area contributed by atoms with Crippen LogP contribution in [0.1, 0.15) is 32.6 Å². The van der Waals surface area contributed by atoms with E-state index in [1.54, 1.807) is 7.11 Å². The lowest BCUT2D eigenvalue weighted by Gasteiger charge is -2.38. The average Bonchev–Trinajstić information content (AvgIpc) is 2.43. The Morgan fingerprint density at radius 2 is 1.95 bits per heavy atom. The van der Waals surface area contributed by atoms with Gasteiger partial charge in [0.2, 0.25) is 0 Å². The van der Waals surface area contributed by atoms with E-state index in [1.165, 1.54) is 0 Å². The van der Waals surface area contributed by atoms with E-state index in [2.05, 4.69) is 4.90 Å². The summed E-state index contributed by atoms with van der Waals surface area (Å²) < 4.78 is 10.3. The van der Waals surface area contributed by atoms with E-state index >= 15 is 0 Å². The van der Waals surface area contributed by atoms with Gasteiger partial charge in [0.05, 0.1) is 18.6 Å². The van der Waals surface area contributed by atoms with Gasteiger partial charge in [-0.3, -0.25) is 4.79 Å². The number of nitrogens with zero attached hydrogens (tertiary/aromatic N) is 1. The zero-order valence-corrected chi connectivity index (χ0v) is 12.2. The summed E-state index contributed by atoms with van der Waals surface area (Å²) >= 11 is 0. The molecule has 19 heavy (non-hydrogen) atoms. The van der Waals surface area contributed by atoms with Crippen molar-refractivity contribution >= 4 is 5.97 Å². The number of likely N-dealkylation sites (tertiary alicyclic amines) is 1. The highest BCUT2D eigenvalue weighted by Gasteiger charge is 2.39. The van der Waals surface area contributed by atoms with Crippen LogP contribution in [0.4, 0.5) is 0 Å². The quantitative estimate of drug-likeness (QED) is 0.647. The number of carbonyl (C=O) groups is 1. The molecule has 0 spiro atoms. The molecule has 0 saturated carbocycles. The number of methoxy groups -OCH3 is 1. The molecule has 5 heteroatoms. The van der Waals surface area contributed by atoms with E-state index in [1.807, 2.05) is 6.92 Å². The van der Waals surface area contributed by atoms with Crippen LogP contribution in [0, 0.1) is 5.41 Å². The predicted octanol–water partition coefficient (Wildman–Crippen LogP) is 1.62. The molecule has 1 N–H and O–H groups in total. The summed E-state index contributed by atoms with van der Waals surface area (Å²) in [5.74, 6) is -0.627. The molecule has 0 aromatic heterocycles. The first kappa shape index (κ1) is 16.4. The second kappa shape index (κ2) is 8.51. The Bertz CT molecular complexity index is 262. The number of piperidine rings is 1. The molecule has 112 valence electrons. The summed E-state index contributed by atoms with van der Waals surface area (Å²) in [5.41, 5.74) is -0.481. The van der Waals surface area contributed by atoms with Gasteiger partial charge in [-0.2, -0.15) is 0 Å². The van der Waals surface area contributed by atoms with Crippen LogP contribution in [0.2, 0.25) is 0 Å². The Kier molecular flexibility index (Phi) is 7.34. The van der Waals surface area contributed by atoms with Crippen LogP contribution in [0.25, 0.3) is 0 Å². The Hall–Kier alpha value is -0.650. The highest BCUT2D eigenvalue weighted by Crippen LogP contribution is 2.35. The van der Waals surface area contributed by atoms with Crippen LogP contribution >= 0.6 is 0 Å². The molecule has 0 atom stereocenters. The summed E-state index contributed by atoms with van der Waals surface area (Å²) in [6.45, 7) is 6.78. The Morgan fingerprint density at radius 3 is 2.47 bits per heavy atom. The molecular weight excluding hydrogens is 246 g/mol. The minimum Gasteiger partial charge on any atom is -0.481 e. The van der Waals surface area contributed by atoms with E-state index in [0.29, 0.717) is 13.2 Å². The van der Waals surface area contributed by atoms with Crippen LogP contribution in [0.15, 0.2) is 0 Å². The molecule has 0 aromatic rings. The molecule has 0 radical (unpaired) electrons. The molecule has 0 unspecified atom stereocenters. The highest BCUT2D eigenvalue weighted by molar-refractivity contribution is 5.74. The SMILES string of the molecule is CCC1(C(=O)O)CCN(CCCOCCOC)CC1. The monoisotopic (exact) mass is 273 g/mol. The summed E-state index contributed by atoms with van der Waals surface area (Å²) in [7, 11) is 1.67. The van der Waals surface area contributed by atoms with Crippen molar-refractivity contribution in [1.82, 2.24) is 4.90 Å². The van der Waals surface area contributed by atoms with Gasteiger partial charge in [-0.15, -0.1) is 0 Å². The van der Waals surface area contributed by atoms with Gasteiger partial charge >= 0.3 is 5.97 Å². The maximum absolute atomic E-state index is 11.3. The molecule has 0 aliphatic carbocycles. The van der Waals surface area contributed by atoms with Crippen molar-refractivity contribution < 1.29 is 19.4 Å². The molecule has 1 fully saturated rings. The molecule has 0 amide bonds. The molecule has 0 bridgehead atoms. The second-order valence-electron chi connectivity index (χ2n) is 5.24. The van der Waals surface area contributed by atoms with Gasteiger partial charge in [0.1, 0.15) is 0 Å².